The third kappa shape index (κ3) is 2.61. The van der Waals surface area contributed by atoms with Crippen molar-refractivity contribution in [3.05, 3.63) is 57.9 Å². The van der Waals surface area contributed by atoms with Crippen molar-refractivity contribution in [2.24, 2.45) is 0 Å². The van der Waals surface area contributed by atoms with Crippen LogP contribution in [0.5, 0.6) is 0 Å². The minimum atomic E-state index is -4.52. The largest absolute Gasteiger partial charge is 0.416 e. The fourth-order valence-electron chi connectivity index (χ4n) is 1.60. The standard InChI is InChI=1S/C13H10F3NO/c1-8-2-4-9(5-3-8)11-6-10(13(14,15)16)7-12(18)17-11/h2-7H,1H3,(H,17,18). The lowest BCUT2D eigenvalue weighted by molar-refractivity contribution is -0.137. The fraction of sp³-hybridized carbons (Fsp3) is 0.154. The van der Waals surface area contributed by atoms with Crippen LogP contribution in [0.15, 0.2) is 41.2 Å². The van der Waals surface area contributed by atoms with E-state index in [9.17, 15) is 18.0 Å². The topological polar surface area (TPSA) is 32.9 Å². The number of pyridine rings is 1. The summed E-state index contributed by atoms with van der Waals surface area (Å²) in [5.74, 6) is 0. The van der Waals surface area contributed by atoms with E-state index >= 15 is 0 Å². The lowest BCUT2D eigenvalue weighted by Crippen LogP contribution is -2.13. The van der Waals surface area contributed by atoms with Crippen molar-refractivity contribution < 1.29 is 13.2 Å². The second-order valence-corrected chi connectivity index (χ2v) is 4.01. The molecular formula is C13H10F3NO. The summed E-state index contributed by atoms with van der Waals surface area (Å²) < 4.78 is 37.7. The van der Waals surface area contributed by atoms with Crippen LogP contribution in [0.3, 0.4) is 0 Å². The molecule has 0 spiro atoms. The van der Waals surface area contributed by atoms with Gasteiger partial charge in [-0.25, -0.2) is 0 Å². The first-order valence-corrected chi connectivity index (χ1v) is 5.25. The highest BCUT2D eigenvalue weighted by Gasteiger charge is 2.31. The number of halogens is 3. The molecule has 0 aliphatic carbocycles. The Morgan fingerprint density at radius 3 is 2.22 bits per heavy atom. The minimum Gasteiger partial charge on any atom is -0.322 e. The molecular weight excluding hydrogens is 243 g/mol. The number of benzene rings is 1. The molecule has 0 saturated carbocycles. The van der Waals surface area contributed by atoms with Crippen LogP contribution in [0.2, 0.25) is 0 Å². The summed E-state index contributed by atoms with van der Waals surface area (Å²) in [6.45, 7) is 1.87. The van der Waals surface area contributed by atoms with Crippen LogP contribution in [0.1, 0.15) is 11.1 Å². The first kappa shape index (κ1) is 12.4. The molecule has 5 heteroatoms. The van der Waals surface area contributed by atoms with Crippen molar-refractivity contribution in [3.63, 3.8) is 0 Å². The predicted molar refractivity (Wildman–Crippen MR) is 62.2 cm³/mol. The number of rotatable bonds is 1. The zero-order chi connectivity index (χ0) is 13.3. The molecule has 1 aromatic heterocycles. The van der Waals surface area contributed by atoms with Crippen molar-refractivity contribution >= 4 is 0 Å². The first-order chi connectivity index (χ1) is 8.36. The van der Waals surface area contributed by atoms with Gasteiger partial charge in [0.05, 0.1) is 5.56 Å². The van der Waals surface area contributed by atoms with Crippen LogP contribution in [0.4, 0.5) is 13.2 Å². The number of H-pyrrole nitrogens is 1. The van der Waals surface area contributed by atoms with Gasteiger partial charge in [0.2, 0.25) is 5.56 Å². The molecule has 94 valence electrons. The van der Waals surface area contributed by atoms with Crippen LogP contribution < -0.4 is 5.56 Å². The molecule has 0 atom stereocenters. The Hall–Kier alpha value is -2.04. The summed E-state index contributed by atoms with van der Waals surface area (Å²) in [5.41, 5.74) is -0.00563. The highest BCUT2D eigenvalue weighted by atomic mass is 19.4. The molecule has 18 heavy (non-hydrogen) atoms. The van der Waals surface area contributed by atoms with Crippen LogP contribution in [-0.2, 0) is 6.18 Å². The van der Waals surface area contributed by atoms with E-state index in [1.807, 2.05) is 6.92 Å². The third-order valence-corrected chi connectivity index (χ3v) is 2.53. The van der Waals surface area contributed by atoms with Gasteiger partial charge in [-0.1, -0.05) is 29.8 Å². The Bertz CT molecular complexity index is 611. The van der Waals surface area contributed by atoms with Gasteiger partial charge in [0, 0.05) is 11.8 Å². The lowest BCUT2D eigenvalue weighted by Gasteiger charge is -2.08. The van der Waals surface area contributed by atoms with Crippen LogP contribution in [0, 0.1) is 6.92 Å². The van der Waals surface area contributed by atoms with Gasteiger partial charge in [-0.05, 0) is 18.6 Å². The zero-order valence-electron chi connectivity index (χ0n) is 9.51. The van der Waals surface area contributed by atoms with Crippen molar-refractivity contribution in [3.8, 4) is 11.3 Å². The summed E-state index contributed by atoms with van der Waals surface area (Å²) in [6.07, 6.45) is -4.52. The number of aryl methyl sites for hydroxylation is 1. The van der Waals surface area contributed by atoms with E-state index in [1.165, 1.54) is 0 Å². The molecule has 0 bridgehead atoms. The Morgan fingerprint density at radius 2 is 1.67 bits per heavy atom. The van der Waals surface area contributed by atoms with Crippen molar-refractivity contribution in [1.82, 2.24) is 4.98 Å². The first-order valence-electron chi connectivity index (χ1n) is 5.25. The van der Waals surface area contributed by atoms with Crippen molar-refractivity contribution in [2.75, 3.05) is 0 Å². The maximum Gasteiger partial charge on any atom is 0.416 e. The number of nitrogens with one attached hydrogen (secondary N) is 1. The average Bonchev–Trinajstić information content (AvgIpc) is 2.28. The molecule has 0 fully saturated rings. The van der Waals surface area contributed by atoms with E-state index in [0.717, 1.165) is 11.6 Å². The van der Waals surface area contributed by atoms with E-state index in [0.29, 0.717) is 11.6 Å². The summed E-state index contributed by atoms with van der Waals surface area (Å²) in [5, 5.41) is 0. The van der Waals surface area contributed by atoms with Gasteiger partial charge >= 0.3 is 6.18 Å². The van der Waals surface area contributed by atoms with Gasteiger partial charge in [-0.15, -0.1) is 0 Å². The van der Waals surface area contributed by atoms with Gasteiger partial charge in [-0.3, -0.25) is 4.79 Å². The summed E-state index contributed by atoms with van der Waals surface area (Å²) in [6, 6.07) is 8.37. The number of aromatic nitrogens is 1. The smallest absolute Gasteiger partial charge is 0.322 e. The second kappa shape index (κ2) is 4.33. The Balaban J connectivity index is 2.55. The third-order valence-electron chi connectivity index (χ3n) is 2.53. The van der Waals surface area contributed by atoms with Gasteiger partial charge in [0.1, 0.15) is 0 Å². The van der Waals surface area contributed by atoms with Crippen molar-refractivity contribution in [2.45, 2.75) is 13.1 Å². The molecule has 2 aromatic rings. The summed E-state index contributed by atoms with van der Waals surface area (Å²) >= 11 is 0. The average molecular weight is 253 g/mol. The van der Waals surface area contributed by atoms with E-state index < -0.39 is 17.3 Å². The van der Waals surface area contributed by atoms with Gasteiger partial charge < -0.3 is 4.98 Å². The van der Waals surface area contributed by atoms with E-state index in [-0.39, 0.29) is 5.69 Å². The number of aromatic amines is 1. The molecule has 0 aliphatic heterocycles. The van der Waals surface area contributed by atoms with E-state index in [4.69, 9.17) is 0 Å². The zero-order valence-corrected chi connectivity index (χ0v) is 9.51. The molecule has 2 rings (SSSR count). The Morgan fingerprint density at radius 1 is 1.06 bits per heavy atom. The molecule has 0 radical (unpaired) electrons. The maximum absolute atomic E-state index is 12.6. The van der Waals surface area contributed by atoms with Crippen LogP contribution in [0.25, 0.3) is 11.3 Å². The fourth-order valence-corrected chi connectivity index (χ4v) is 1.60. The molecule has 1 aromatic carbocycles. The van der Waals surface area contributed by atoms with Crippen LogP contribution in [-0.4, -0.2) is 4.98 Å². The van der Waals surface area contributed by atoms with Crippen molar-refractivity contribution in [1.29, 1.82) is 0 Å². The number of alkyl halides is 3. The van der Waals surface area contributed by atoms with Crippen LogP contribution >= 0.6 is 0 Å². The highest BCUT2D eigenvalue weighted by molar-refractivity contribution is 5.60. The molecule has 2 nitrogen and oxygen atoms in total. The van der Waals surface area contributed by atoms with Gasteiger partial charge in [0.25, 0.3) is 0 Å². The molecule has 1 N–H and O–H groups in total. The Labute approximate surface area is 101 Å². The van der Waals surface area contributed by atoms with Gasteiger partial charge in [0.15, 0.2) is 0 Å². The quantitative estimate of drug-likeness (QED) is 0.830. The minimum absolute atomic E-state index is 0.162. The highest BCUT2D eigenvalue weighted by Crippen LogP contribution is 2.30. The second-order valence-electron chi connectivity index (χ2n) is 4.01. The summed E-state index contributed by atoms with van der Waals surface area (Å²) in [7, 11) is 0. The lowest BCUT2D eigenvalue weighted by atomic mass is 10.1. The maximum atomic E-state index is 12.6. The number of hydrogen-bond donors (Lipinski definition) is 1. The molecule has 0 amide bonds. The molecule has 0 saturated heterocycles. The van der Waals surface area contributed by atoms with E-state index in [2.05, 4.69) is 4.98 Å². The predicted octanol–water partition coefficient (Wildman–Crippen LogP) is 3.37. The molecule has 0 aliphatic rings. The SMILES string of the molecule is Cc1ccc(-c2cc(C(F)(F)F)cc(=O)[nH]2)cc1. The molecule has 0 unspecified atom stereocenters. The molecule has 1 heterocycles. The monoisotopic (exact) mass is 253 g/mol. The normalized spacial score (nSPS) is 11.6. The Kier molecular flexibility index (Phi) is 2.98. The number of hydrogen-bond acceptors (Lipinski definition) is 1. The van der Waals surface area contributed by atoms with E-state index in [1.54, 1.807) is 24.3 Å². The van der Waals surface area contributed by atoms with Gasteiger partial charge in [-0.2, -0.15) is 13.2 Å². The summed E-state index contributed by atoms with van der Waals surface area (Å²) in [4.78, 5) is 13.6.